The number of hydrogen-bond donors (Lipinski definition) is 2. The van der Waals surface area contributed by atoms with Gasteiger partial charge in [-0.2, -0.15) is 8.78 Å². The molecular formula is C13H19F2NO3S. The molecule has 0 aromatic carbocycles. The maximum atomic E-state index is 13.1. The third kappa shape index (κ3) is 2.34. The predicted octanol–water partition coefficient (Wildman–Crippen LogP) is 1.52. The molecule has 4 bridgehead atoms. The van der Waals surface area contributed by atoms with Gasteiger partial charge in [0.25, 0.3) is 0 Å². The highest BCUT2D eigenvalue weighted by Gasteiger charge is 2.52. The van der Waals surface area contributed by atoms with E-state index in [-0.39, 0.29) is 12.0 Å². The largest absolute Gasteiger partial charge is 0.419 e. The van der Waals surface area contributed by atoms with Crippen LogP contribution < -0.4 is 5.32 Å². The predicted molar refractivity (Wildman–Crippen MR) is 68.9 cm³/mol. The summed E-state index contributed by atoms with van der Waals surface area (Å²) in [5.41, 5.74) is -0.0744. The molecule has 114 valence electrons. The summed E-state index contributed by atoms with van der Waals surface area (Å²) in [6, 6.07) is 0. The monoisotopic (exact) mass is 307 g/mol. The Hall–Kier alpha value is -0.720. The molecule has 0 aromatic rings. The van der Waals surface area contributed by atoms with Crippen LogP contribution in [0.2, 0.25) is 0 Å². The molecule has 20 heavy (non-hydrogen) atoms. The van der Waals surface area contributed by atoms with Gasteiger partial charge in [0.15, 0.2) is 0 Å². The third-order valence-electron chi connectivity index (χ3n) is 5.29. The molecule has 0 atom stereocenters. The first kappa shape index (κ1) is 14.2. The summed E-state index contributed by atoms with van der Waals surface area (Å²) in [6.07, 6.45) is 6.64. The first-order valence-corrected chi connectivity index (χ1v) is 8.29. The summed E-state index contributed by atoms with van der Waals surface area (Å²) in [5, 5.41) is -2.11. The number of amides is 1. The zero-order valence-corrected chi connectivity index (χ0v) is 12.0. The fourth-order valence-electron chi connectivity index (χ4n) is 4.96. The third-order valence-corrected chi connectivity index (χ3v) is 5.95. The summed E-state index contributed by atoms with van der Waals surface area (Å²) in [5.74, 6) is 0.309. The van der Waals surface area contributed by atoms with Crippen LogP contribution in [-0.2, 0) is 15.5 Å². The van der Waals surface area contributed by atoms with Crippen molar-refractivity contribution >= 4 is 16.6 Å². The van der Waals surface area contributed by atoms with Gasteiger partial charge < -0.3 is 5.32 Å². The summed E-state index contributed by atoms with van der Waals surface area (Å²) in [4.78, 5) is 11.4. The number of alkyl halides is 2. The molecule has 0 heterocycles. The summed E-state index contributed by atoms with van der Waals surface area (Å²) in [6.45, 7) is 0.189. The van der Waals surface area contributed by atoms with Crippen molar-refractivity contribution < 1.29 is 22.0 Å². The standard InChI is InChI=1S/C13H19F2NO3S/c14-13(15,20(18)19)11(17)16-7-12-4-8-1-9(5-12)3-10(2-8)6-12/h8-10,20H,1-7H2,(H,16,17). The molecular weight excluding hydrogens is 288 g/mol. The molecule has 4 fully saturated rings. The zero-order valence-electron chi connectivity index (χ0n) is 11.1. The molecule has 4 nitrogen and oxygen atoms in total. The number of thiol groups is 1. The Morgan fingerprint density at radius 2 is 1.55 bits per heavy atom. The van der Waals surface area contributed by atoms with Crippen molar-refractivity contribution in [1.29, 1.82) is 0 Å². The lowest BCUT2D eigenvalue weighted by Gasteiger charge is -2.56. The maximum Gasteiger partial charge on any atom is 0.419 e. The van der Waals surface area contributed by atoms with Gasteiger partial charge in [-0.3, -0.25) is 4.79 Å². The van der Waals surface area contributed by atoms with Gasteiger partial charge in [-0.05, 0) is 61.7 Å². The van der Waals surface area contributed by atoms with Crippen LogP contribution in [0.1, 0.15) is 38.5 Å². The molecule has 0 unspecified atom stereocenters. The maximum absolute atomic E-state index is 13.1. The molecule has 0 aromatic heterocycles. The highest BCUT2D eigenvalue weighted by molar-refractivity contribution is 7.74. The van der Waals surface area contributed by atoms with Crippen molar-refractivity contribution in [1.82, 2.24) is 5.32 Å². The minimum atomic E-state index is -4.29. The lowest BCUT2D eigenvalue weighted by molar-refractivity contribution is -0.137. The van der Waals surface area contributed by atoms with Crippen LogP contribution in [0.4, 0.5) is 8.78 Å². The van der Waals surface area contributed by atoms with Gasteiger partial charge in [0, 0.05) is 6.54 Å². The molecule has 4 aliphatic carbocycles. The normalized spacial score (nSPS) is 39.2. The number of carbonyl (C=O) groups excluding carboxylic acids is 1. The Kier molecular flexibility index (Phi) is 3.30. The van der Waals surface area contributed by atoms with Crippen molar-refractivity contribution in [2.75, 3.05) is 6.54 Å². The summed E-state index contributed by atoms with van der Waals surface area (Å²) in [7, 11) is -4.07. The molecule has 1 amide bonds. The second kappa shape index (κ2) is 4.64. The number of hydrogen-bond acceptors (Lipinski definition) is 3. The van der Waals surface area contributed by atoms with Crippen molar-refractivity contribution in [3.63, 3.8) is 0 Å². The number of rotatable bonds is 4. The molecule has 4 rings (SSSR count). The SMILES string of the molecule is O=C(NCC12CC3CC(CC(C3)C1)C2)C(F)(F)[SH](=O)=O. The molecule has 0 saturated heterocycles. The quantitative estimate of drug-likeness (QED) is 0.774. The van der Waals surface area contributed by atoms with Gasteiger partial charge in [0.2, 0.25) is 10.7 Å². The van der Waals surface area contributed by atoms with E-state index in [1.165, 1.54) is 19.3 Å². The van der Waals surface area contributed by atoms with Crippen LogP contribution in [-0.4, -0.2) is 26.1 Å². The van der Waals surface area contributed by atoms with Crippen molar-refractivity contribution in [2.24, 2.45) is 23.2 Å². The van der Waals surface area contributed by atoms with Crippen LogP contribution in [0.25, 0.3) is 0 Å². The highest BCUT2D eigenvalue weighted by atomic mass is 32.2. The zero-order chi connectivity index (χ0) is 14.5. The highest BCUT2D eigenvalue weighted by Crippen LogP contribution is 2.59. The first-order valence-electron chi connectivity index (χ1n) is 7.11. The van der Waals surface area contributed by atoms with Crippen molar-refractivity contribution in [3.05, 3.63) is 0 Å². The van der Waals surface area contributed by atoms with Crippen molar-refractivity contribution in [2.45, 2.75) is 43.8 Å². The number of nitrogens with one attached hydrogen (secondary N) is 1. The fourth-order valence-corrected chi connectivity index (χ4v) is 5.21. The molecule has 7 heteroatoms. The van der Waals surface area contributed by atoms with Gasteiger partial charge in [-0.1, -0.05) is 0 Å². The van der Waals surface area contributed by atoms with Gasteiger partial charge in [0.1, 0.15) is 0 Å². The van der Waals surface area contributed by atoms with Crippen LogP contribution in [0, 0.1) is 23.2 Å². The lowest BCUT2D eigenvalue weighted by Crippen LogP contribution is -2.53. The molecule has 0 spiro atoms. The Labute approximate surface area is 118 Å². The van der Waals surface area contributed by atoms with Crippen LogP contribution in [0.5, 0.6) is 0 Å². The van der Waals surface area contributed by atoms with E-state index >= 15 is 0 Å². The molecule has 1 N–H and O–H groups in total. The van der Waals surface area contributed by atoms with E-state index in [9.17, 15) is 22.0 Å². The minimum absolute atomic E-state index is 0.0744. The summed E-state index contributed by atoms with van der Waals surface area (Å²) < 4.78 is 47.0. The van der Waals surface area contributed by atoms with E-state index in [2.05, 4.69) is 5.32 Å². The van der Waals surface area contributed by atoms with Crippen LogP contribution >= 0.6 is 0 Å². The Balaban J connectivity index is 1.65. The van der Waals surface area contributed by atoms with Crippen LogP contribution in [0.3, 0.4) is 0 Å². The fraction of sp³-hybridized carbons (Fsp3) is 0.923. The van der Waals surface area contributed by atoms with Crippen molar-refractivity contribution in [3.8, 4) is 0 Å². The van der Waals surface area contributed by atoms with Crippen LogP contribution in [0.15, 0.2) is 0 Å². The average Bonchev–Trinajstić information content (AvgIpc) is 2.34. The van der Waals surface area contributed by atoms with E-state index in [1.807, 2.05) is 0 Å². The molecule has 0 radical (unpaired) electrons. The number of halogens is 2. The van der Waals surface area contributed by atoms with E-state index in [4.69, 9.17) is 0 Å². The minimum Gasteiger partial charge on any atom is -0.349 e. The smallest absolute Gasteiger partial charge is 0.349 e. The van der Waals surface area contributed by atoms with Gasteiger partial charge in [-0.15, -0.1) is 0 Å². The lowest BCUT2D eigenvalue weighted by atomic mass is 9.49. The van der Waals surface area contributed by atoms with Gasteiger partial charge >= 0.3 is 11.2 Å². The Morgan fingerprint density at radius 1 is 1.10 bits per heavy atom. The van der Waals surface area contributed by atoms with Gasteiger partial charge in [0.05, 0.1) is 0 Å². The molecule has 4 saturated carbocycles. The van der Waals surface area contributed by atoms with E-state index in [0.717, 1.165) is 19.3 Å². The number of carbonyl (C=O) groups is 1. The second-order valence-corrected chi connectivity index (χ2v) is 7.97. The van der Waals surface area contributed by atoms with E-state index in [1.54, 1.807) is 0 Å². The van der Waals surface area contributed by atoms with Gasteiger partial charge in [-0.25, -0.2) is 8.42 Å². The molecule has 0 aliphatic heterocycles. The Bertz CT molecular complexity index is 461. The van der Waals surface area contributed by atoms with E-state index in [0.29, 0.717) is 17.8 Å². The first-order chi connectivity index (χ1) is 9.31. The van der Waals surface area contributed by atoms with E-state index < -0.39 is 21.9 Å². The molecule has 4 aliphatic rings. The second-order valence-electron chi connectivity index (χ2n) is 6.90. The topological polar surface area (TPSA) is 63.2 Å². The summed E-state index contributed by atoms with van der Waals surface area (Å²) >= 11 is 0. The average molecular weight is 307 g/mol. The Morgan fingerprint density at radius 3 is 1.95 bits per heavy atom.